The summed E-state index contributed by atoms with van der Waals surface area (Å²) in [4.78, 5) is 14.8. The minimum absolute atomic E-state index is 0.153. The van der Waals surface area contributed by atoms with E-state index in [0.717, 1.165) is 11.7 Å². The third-order valence-corrected chi connectivity index (χ3v) is 8.21. The molecule has 166 valence electrons. The molecule has 2 aromatic carbocycles. The minimum Gasteiger partial charge on any atom is -0.325 e. The molecule has 2 heterocycles. The SMILES string of the molecule is CC(C(=O)Nc1ccc(C#N)c(Cl)c1)N1CCN(S(=O)(=O)c2cccc3nsnc23)CC1. The van der Waals surface area contributed by atoms with Crippen molar-refractivity contribution in [3.05, 3.63) is 47.0 Å². The molecular formula is C20H19ClN6O3S2. The van der Waals surface area contributed by atoms with Gasteiger partial charge >= 0.3 is 0 Å². The van der Waals surface area contributed by atoms with Crippen LogP contribution >= 0.6 is 23.3 Å². The number of hydrogen-bond acceptors (Lipinski definition) is 8. The molecule has 0 radical (unpaired) electrons. The first kappa shape index (κ1) is 22.6. The number of piperazine rings is 1. The van der Waals surface area contributed by atoms with Crippen molar-refractivity contribution in [3.8, 4) is 6.07 Å². The standard InChI is InChI=1S/C20H19ClN6O3S2/c1-13(20(28)23-15-6-5-14(12-22)16(21)11-15)26-7-9-27(10-8-26)32(29,30)18-4-2-3-17-19(18)25-31-24-17/h2-6,11,13H,7-10H2,1H3,(H,23,28). The van der Waals surface area contributed by atoms with E-state index >= 15 is 0 Å². The van der Waals surface area contributed by atoms with Gasteiger partial charge in [0, 0.05) is 31.9 Å². The summed E-state index contributed by atoms with van der Waals surface area (Å²) in [6, 6.07) is 11.1. The van der Waals surface area contributed by atoms with Crippen molar-refractivity contribution in [1.29, 1.82) is 5.26 Å². The smallest absolute Gasteiger partial charge is 0.245 e. The molecular weight excluding hydrogens is 472 g/mol. The fraction of sp³-hybridized carbons (Fsp3) is 0.300. The van der Waals surface area contributed by atoms with Gasteiger partial charge in [0.15, 0.2) is 0 Å². The van der Waals surface area contributed by atoms with Crippen LogP contribution in [0.15, 0.2) is 41.3 Å². The molecule has 1 aromatic heterocycles. The molecule has 1 unspecified atom stereocenters. The number of rotatable bonds is 5. The first-order chi connectivity index (χ1) is 15.3. The van der Waals surface area contributed by atoms with E-state index in [1.54, 1.807) is 37.3 Å². The Balaban J connectivity index is 1.41. The number of fused-ring (bicyclic) bond motifs is 1. The molecule has 1 N–H and O–H groups in total. The summed E-state index contributed by atoms with van der Waals surface area (Å²) < 4.78 is 36.0. The number of aromatic nitrogens is 2. The highest BCUT2D eigenvalue weighted by atomic mass is 35.5. The Hall–Kier alpha value is -2.62. The third kappa shape index (κ3) is 4.32. The first-order valence-corrected chi connectivity index (χ1v) is 12.3. The summed E-state index contributed by atoms with van der Waals surface area (Å²) in [5, 5.41) is 12.0. The Morgan fingerprint density at radius 3 is 2.66 bits per heavy atom. The monoisotopic (exact) mass is 490 g/mol. The van der Waals surface area contributed by atoms with Crippen molar-refractivity contribution in [2.45, 2.75) is 17.9 Å². The van der Waals surface area contributed by atoms with Gasteiger partial charge in [-0.25, -0.2) is 8.42 Å². The zero-order valence-electron chi connectivity index (χ0n) is 17.0. The highest BCUT2D eigenvalue weighted by Gasteiger charge is 2.33. The number of hydrogen-bond donors (Lipinski definition) is 1. The minimum atomic E-state index is -3.72. The Bertz CT molecular complexity index is 1310. The molecule has 4 rings (SSSR count). The van der Waals surface area contributed by atoms with Crippen LogP contribution in [0.4, 0.5) is 5.69 Å². The van der Waals surface area contributed by atoms with Crippen LogP contribution < -0.4 is 5.32 Å². The van der Waals surface area contributed by atoms with E-state index < -0.39 is 16.1 Å². The number of nitriles is 1. The Labute approximate surface area is 194 Å². The molecule has 32 heavy (non-hydrogen) atoms. The van der Waals surface area contributed by atoms with Crippen LogP contribution in [0.5, 0.6) is 0 Å². The van der Waals surface area contributed by atoms with Gasteiger partial charge in [-0.05, 0) is 37.3 Å². The summed E-state index contributed by atoms with van der Waals surface area (Å²) in [6.45, 7) is 3.11. The van der Waals surface area contributed by atoms with Gasteiger partial charge in [0.2, 0.25) is 15.9 Å². The van der Waals surface area contributed by atoms with E-state index in [4.69, 9.17) is 16.9 Å². The Kier molecular flexibility index (Phi) is 6.41. The molecule has 0 saturated carbocycles. The second-order valence-electron chi connectivity index (χ2n) is 7.30. The van der Waals surface area contributed by atoms with Crippen LogP contribution in [-0.2, 0) is 14.8 Å². The molecule has 3 aromatic rings. The zero-order valence-corrected chi connectivity index (χ0v) is 19.4. The fourth-order valence-electron chi connectivity index (χ4n) is 3.56. The van der Waals surface area contributed by atoms with Gasteiger partial charge in [-0.2, -0.15) is 18.3 Å². The second-order valence-corrected chi connectivity index (χ2v) is 10.1. The molecule has 0 aliphatic carbocycles. The van der Waals surface area contributed by atoms with Crippen LogP contribution in [0, 0.1) is 11.3 Å². The number of nitrogens with one attached hydrogen (secondary N) is 1. The molecule has 0 spiro atoms. The predicted molar refractivity (Wildman–Crippen MR) is 122 cm³/mol. The van der Waals surface area contributed by atoms with Gasteiger partial charge in [-0.1, -0.05) is 17.7 Å². The average Bonchev–Trinajstić information content (AvgIpc) is 3.27. The van der Waals surface area contributed by atoms with Crippen molar-refractivity contribution >= 4 is 56.0 Å². The summed E-state index contributed by atoms with van der Waals surface area (Å²) in [6.07, 6.45) is 0. The van der Waals surface area contributed by atoms with E-state index in [1.165, 1.54) is 10.4 Å². The molecule has 1 atom stereocenters. The number of carbonyl (C=O) groups excluding carboxylic acids is 1. The zero-order chi connectivity index (χ0) is 22.9. The quantitative estimate of drug-likeness (QED) is 0.583. The topological polar surface area (TPSA) is 119 Å². The lowest BCUT2D eigenvalue weighted by molar-refractivity contribution is -0.121. The molecule has 9 nitrogen and oxygen atoms in total. The maximum atomic E-state index is 13.2. The van der Waals surface area contributed by atoms with Crippen LogP contribution in [0.2, 0.25) is 5.02 Å². The number of carbonyl (C=O) groups is 1. The lowest BCUT2D eigenvalue weighted by Gasteiger charge is -2.36. The molecule has 1 fully saturated rings. The van der Waals surface area contributed by atoms with E-state index in [-0.39, 0.29) is 28.9 Å². The maximum Gasteiger partial charge on any atom is 0.245 e. The largest absolute Gasteiger partial charge is 0.325 e. The molecule has 1 saturated heterocycles. The van der Waals surface area contributed by atoms with Crippen molar-refractivity contribution in [1.82, 2.24) is 18.0 Å². The normalized spacial score (nSPS) is 16.5. The van der Waals surface area contributed by atoms with E-state index in [2.05, 4.69) is 14.1 Å². The van der Waals surface area contributed by atoms with Gasteiger partial charge < -0.3 is 5.32 Å². The number of benzene rings is 2. The lowest BCUT2D eigenvalue weighted by atomic mass is 10.2. The highest BCUT2D eigenvalue weighted by molar-refractivity contribution is 7.89. The number of nitrogens with zero attached hydrogens (tertiary/aromatic N) is 5. The van der Waals surface area contributed by atoms with E-state index in [1.807, 2.05) is 11.0 Å². The van der Waals surface area contributed by atoms with Crippen LogP contribution in [0.3, 0.4) is 0 Å². The predicted octanol–water partition coefficient (Wildman–Crippen LogP) is 2.55. The molecule has 1 amide bonds. The fourth-order valence-corrected chi connectivity index (χ4v) is 5.95. The second kappa shape index (κ2) is 9.09. The third-order valence-electron chi connectivity index (χ3n) is 5.42. The van der Waals surface area contributed by atoms with Crippen molar-refractivity contribution in [3.63, 3.8) is 0 Å². The summed E-state index contributed by atoms with van der Waals surface area (Å²) in [7, 11) is -3.72. The molecule has 1 aliphatic heterocycles. The van der Waals surface area contributed by atoms with Crippen LogP contribution in [-0.4, -0.2) is 64.5 Å². The number of halogens is 1. The van der Waals surface area contributed by atoms with Gasteiger partial charge in [-0.3, -0.25) is 9.69 Å². The Morgan fingerprint density at radius 1 is 1.22 bits per heavy atom. The molecule has 0 bridgehead atoms. The van der Waals surface area contributed by atoms with Gasteiger partial charge in [0.1, 0.15) is 22.0 Å². The van der Waals surface area contributed by atoms with E-state index in [0.29, 0.717) is 35.4 Å². The van der Waals surface area contributed by atoms with Crippen LogP contribution in [0.1, 0.15) is 12.5 Å². The van der Waals surface area contributed by atoms with Crippen molar-refractivity contribution in [2.24, 2.45) is 0 Å². The lowest BCUT2D eigenvalue weighted by Crippen LogP contribution is -2.53. The summed E-state index contributed by atoms with van der Waals surface area (Å²) in [5.41, 5.74) is 1.77. The first-order valence-electron chi connectivity index (χ1n) is 9.77. The maximum absolute atomic E-state index is 13.2. The van der Waals surface area contributed by atoms with Crippen LogP contribution in [0.25, 0.3) is 11.0 Å². The molecule has 1 aliphatic rings. The number of sulfonamides is 1. The average molecular weight is 491 g/mol. The van der Waals surface area contributed by atoms with Gasteiger partial charge in [0.05, 0.1) is 28.4 Å². The van der Waals surface area contributed by atoms with Crippen molar-refractivity contribution < 1.29 is 13.2 Å². The van der Waals surface area contributed by atoms with Crippen molar-refractivity contribution in [2.75, 3.05) is 31.5 Å². The summed E-state index contributed by atoms with van der Waals surface area (Å²) in [5.74, 6) is -0.236. The van der Waals surface area contributed by atoms with Gasteiger partial charge in [-0.15, -0.1) is 0 Å². The summed E-state index contributed by atoms with van der Waals surface area (Å²) >= 11 is 7.01. The van der Waals surface area contributed by atoms with E-state index in [9.17, 15) is 13.2 Å². The number of amides is 1. The highest BCUT2D eigenvalue weighted by Crippen LogP contribution is 2.26. The Morgan fingerprint density at radius 2 is 1.97 bits per heavy atom. The van der Waals surface area contributed by atoms with Gasteiger partial charge in [0.25, 0.3) is 0 Å². The molecule has 12 heteroatoms. The number of anilines is 1.